The third-order valence-electron chi connectivity index (χ3n) is 2.13. The molecule has 4 nitrogen and oxygen atoms in total. The highest BCUT2D eigenvalue weighted by Crippen LogP contribution is 2.07. The summed E-state index contributed by atoms with van der Waals surface area (Å²) in [5, 5.41) is 11.5. The molecule has 0 unspecified atom stereocenters. The summed E-state index contributed by atoms with van der Waals surface area (Å²) in [6.07, 6.45) is 4.46. The Hall–Kier alpha value is -2.10. The van der Waals surface area contributed by atoms with E-state index in [9.17, 15) is 9.59 Å². The van der Waals surface area contributed by atoms with Gasteiger partial charge in [0, 0.05) is 13.5 Å². The van der Waals surface area contributed by atoms with Crippen LogP contribution in [0.1, 0.15) is 29.3 Å². The fraction of sp³-hybridized carbons (Fsp3) is 0.231. The summed E-state index contributed by atoms with van der Waals surface area (Å²) in [7, 11) is 0. The number of nitrogens with one attached hydrogen (secondary N) is 1. The Labute approximate surface area is 100.0 Å². The van der Waals surface area contributed by atoms with Gasteiger partial charge in [-0.05, 0) is 24.1 Å². The van der Waals surface area contributed by atoms with E-state index < -0.39 is 5.97 Å². The van der Waals surface area contributed by atoms with E-state index in [0.29, 0.717) is 6.54 Å². The van der Waals surface area contributed by atoms with Crippen LogP contribution >= 0.6 is 0 Å². The maximum atomic E-state index is 10.7. The van der Waals surface area contributed by atoms with Crippen molar-refractivity contribution >= 4 is 18.0 Å². The van der Waals surface area contributed by atoms with Crippen molar-refractivity contribution in [1.29, 1.82) is 0 Å². The average Bonchev–Trinajstić information content (AvgIpc) is 2.28. The van der Waals surface area contributed by atoms with Crippen molar-refractivity contribution in [1.82, 2.24) is 5.32 Å². The monoisotopic (exact) mass is 233 g/mol. The number of rotatable bonds is 5. The van der Waals surface area contributed by atoms with Crippen molar-refractivity contribution in [2.24, 2.45) is 0 Å². The molecule has 0 bridgehead atoms. The first-order valence-electron chi connectivity index (χ1n) is 5.34. The molecule has 0 aromatic heterocycles. The molecule has 0 saturated heterocycles. The van der Waals surface area contributed by atoms with Crippen molar-refractivity contribution in [3.8, 4) is 0 Å². The molecule has 2 N–H and O–H groups in total. The second-order valence-corrected chi connectivity index (χ2v) is 3.60. The fourth-order valence-electron chi connectivity index (χ4n) is 1.33. The molecule has 0 heterocycles. The van der Waals surface area contributed by atoms with Crippen LogP contribution in [0.25, 0.3) is 6.08 Å². The SMILES string of the molecule is CC(=O)NCCC=Cc1cccc(C(=O)O)c1. The Morgan fingerprint density at radius 1 is 1.41 bits per heavy atom. The van der Waals surface area contributed by atoms with Gasteiger partial charge in [0.2, 0.25) is 5.91 Å². The highest BCUT2D eigenvalue weighted by atomic mass is 16.4. The fourth-order valence-corrected chi connectivity index (χ4v) is 1.33. The number of carbonyl (C=O) groups excluding carboxylic acids is 1. The Morgan fingerprint density at radius 3 is 2.82 bits per heavy atom. The first-order chi connectivity index (χ1) is 8.09. The molecule has 0 atom stereocenters. The average molecular weight is 233 g/mol. The molecule has 0 radical (unpaired) electrons. The van der Waals surface area contributed by atoms with Gasteiger partial charge in [0.05, 0.1) is 5.56 Å². The van der Waals surface area contributed by atoms with Crippen LogP contribution in [0.15, 0.2) is 30.3 Å². The highest BCUT2D eigenvalue weighted by molar-refractivity contribution is 5.88. The van der Waals surface area contributed by atoms with Crippen LogP contribution in [0.4, 0.5) is 0 Å². The van der Waals surface area contributed by atoms with Crippen LogP contribution in [0.2, 0.25) is 0 Å². The van der Waals surface area contributed by atoms with Crippen molar-refractivity contribution < 1.29 is 14.7 Å². The summed E-state index contributed by atoms with van der Waals surface area (Å²) < 4.78 is 0. The van der Waals surface area contributed by atoms with Gasteiger partial charge >= 0.3 is 5.97 Å². The topological polar surface area (TPSA) is 66.4 Å². The molecule has 0 fully saturated rings. The molecular weight excluding hydrogens is 218 g/mol. The second-order valence-electron chi connectivity index (χ2n) is 3.60. The van der Waals surface area contributed by atoms with E-state index in [-0.39, 0.29) is 11.5 Å². The molecule has 1 amide bonds. The van der Waals surface area contributed by atoms with Crippen LogP contribution in [0.5, 0.6) is 0 Å². The van der Waals surface area contributed by atoms with Gasteiger partial charge < -0.3 is 10.4 Å². The maximum Gasteiger partial charge on any atom is 0.335 e. The number of carboxylic acids is 1. The van der Waals surface area contributed by atoms with E-state index >= 15 is 0 Å². The third kappa shape index (κ3) is 4.97. The van der Waals surface area contributed by atoms with Gasteiger partial charge in [0.15, 0.2) is 0 Å². The van der Waals surface area contributed by atoms with Crippen LogP contribution < -0.4 is 5.32 Å². The Morgan fingerprint density at radius 2 is 2.18 bits per heavy atom. The molecule has 90 valence electrons. The standard InChI is InChI=1S/C13H15NO3/c1-10(15)14-8-3-2-5-11-6-4-7-12(9-11)13(16)17/h2,4-7,9H,3,8H2,1H3,(H,14,15)(H,16,17). The molecule has 17 heavy (non-hydrogen) atoms. The molecular formula is C13H15NO3. The quantitative estimate of drug-likeness (QED) is 0.763. The number of amides is 1. The Bertz CT molecular complexity index is 438. The van der Waals surface area contributed by atoms with Gasteiger partial charge in [0.1, 0.15) is 0 Å². The first kappa shape index (κ1) is 13.0. The summed E-state index contributed by atoms with van der Waals surface area (Å²) in [5.41, 5.74) is 1.11. The summed E-state index contributed by atoms with van der Waals surface area (Å²) in [4.78, 5) is 21.3. The van der Waals surface area contributed by atoms with Crippen molar-refractivity contribution in [3.05, 3.63) is 41.5 Å². The van der Waals surface area contributed by atoms with E-state index in [0.717, 1.165) is 12.0 Å². The van der Waals surface area contributed by atoms with Crippen LogP contribution in [-0.4, -0.2) is 23.5 Å². The number of aromatic carboxylic acids is 1. The number of carbonyl (C=O) groups is 2. The minimum atomic E-state index is -0.932. The molecule has 0 spiro atoms. The smallest absolute Gasteiger partial charge is 0.335 e. The minimum absolute atomic E-state index is 0.0497. The van der Waals surface area contributed by atoms with Crippen molar-refractivity contribution in [2.45, 2.75) is 13.3 Å². The van der Waals surface area contributed by atoms with Gasteiger partial charge in [0.25, 0.3) is 0 Å². The molecule has 0 saturated carbocycles. The van der Waals surface area contributed by atoms with E-state index in [4.69, 9.17) is 5.11 Å². The second kappa shape index (κ2) is 6.48. The molecule has 1 aromatic carbocycles. The molecule has 0 aliphatic rings. The number of hydrogen-bond acceptors (Lipinski definition) is 2. The zero-order valence-electron chi connectivity index (χ0n) is 9.64. The lowest BCUT2D eigenvalue weighted by Crippen LogP contribution is -2.20. The third-order valence-corrected chi connectivity index (χ3v) is 2.13. The lowest BCUT2D eigenvalue weighted by atomic mass is 10.1. The molecule has 4 heteroatoms. The van der Waals surface area contributed by atoms with Crippen molar-refractivity contribution in [3.63, 3.8) is 0 Å². The van der Waals surface area contributed by atoms with Crippen LogP contribution in [0, 0.1) is 0 Å². The van der Waals surface area contributed by atoms with Gasteiger partial charge in [-0.2, -0.15) is 0 Å². The van der Waals surface area contributed by atoms with Gasteiger partial charge in [-0.1, -0.05) is 24.3 Å². The zero-order chi connectivity index (χ0) is 12.7. The number of benzene rings is 1. The van der Waals surface area contributed by atoms with E-state index in [1.54, 1.807) is 18.2 Å². The predicted octanol–water partition coefficient (Wildman–Crippen LogP) is 1.92. The summed E-state index contributed by atoms with van der Waals surface area (Å²) >= 11 is 0. The van der Waals surface area contributed by atoms with Crippen LogP contribution in [-0.2, 0) is 4.79 Å². The van der Waals surface area contributed by atoms with Crippen LogP contribution in [0.3, 0.4) is 0 Å². The van der Waals surface area contributed by atoms with Crippen molar-refractivity contribution in [2.75, 3.05) is 6.54 Å². The van der Waals surface area contributed by atoms with E-state index in [2.05, 4.69) is 5.32 Å². The summed E-state index contributed by atoms with van der Waals surface area (Å²) in [5.74, 6) is -0.982. The minimum Gasteiger partial charge on any atom is -0.478 e. The molecule has 1 aromatic rings. The van der Waals surface area contributed by atoms with Gasteiger partial charge in [-0.25, -0.2) is 4.79 Å². The lowest BCUT2D eigenvalue weighted by molar-refractivity contribution is -0.118. The number of hydrogen-bond donors (Lipinski definition) is 2. The first-order valence-corrected chi connectivity index (χ1v) is 5.34. The van der Waals surface area contributed by atoms with E-state index in [1.165, 1.54) is 6.92 Å². The molecule has 0 aliphatic heterocycles. The van der Waals surface area contributed by atoms with Gasteiger partial charge in [-0.15, -0.1) is 0 Å². The molecule has 1 rings (SSSR count). The van der Waals surface area contributed by atoms with E-state index in [1.807, 2.05) is 18.2 Å². The lowest BCUT2D eigenvalue weighted by Gasteiger charge is -1.98. The molecule has 0 aliphatic carbocycles. The summed E-state index contributed by atoms with van der Waals surface area (Å²) in [6, 6.07) is 6.70. The van der Waals surface area contributed by atoms with Gasteiger partial charge in [-0.3, -0.25) is 4.79 Å². The Kier molecular flexibility index (Phi) is 4.94. The highest BCUT2D eigenvalue weighted by Gasteiger charge is 2.00. The predicted molar refractivity (Wildman–Crippen MR) is 65.7 cm³/mol. The Balaban J connectivity index is 2.50. The summed E-state index contributed by atoms with van der Waals surface area (Å²) in [6.45, 7) is 2.06. The number of carboxylic acid groups (broad SMARTS) is 1. The maximum absolute atomic E-state index is 10.7. The largest absolute Gasteiger partial charge is 0.478 e. The zero-order valence-corrected chi connectivity index (χ0v) is 9.64. The normalized spacial score (nSPS) is 10.4.